The van der Waals surface area contributed by atoms with Crippen LogP contribution in [-0.4, -0.2) is 41.8 Å². The zero-order chi connectivity index (χ0) is 31.3. The van der Waals surface area contributed by atoms with Gasteiger partial charge in [-0.3, -0.25) is 4.57 Å². The standard InChI is InChI=1S/C37H37O7P/c1-2-3-4-5-6-16-24-37(39)25-23-30-32(34(37)43-35(38)27-17-10-7-11-18-27)31-26-41-36(42-31)33(30)44-45(40,28-19-12-8-13-20-28)29-21-14-9-15-22-29/h7-15,17-23,25,31-32,34,36,39H,2-6,26H2,1H3/t31-,32+,34-,36-,37+/m1/s1. The Morgan fingerprint density at radius 1 is 0.956 bits per heavy atom. The van der Waals surface area contributed by atoms with Crippen LogP contribution in [0.4, 0.5) is 0 Å². The molecule has 0 spiro atoms. The highest BCUT2D eigenvalue weighted by Gasteiger charge is 2.56. The number of hydrogen-bond donors (Lipinski definition) is 1. The Morgan fingerprint density at radius 3 is 2.24 bits per heavy atom. The summed E-state index contributed by atoms with van der Waals surface area (Å²) >= 11 is 0. The highest BCUT2D eigenvalue weighted by molar-refractivity contribution is 7.74. The van der Waals surface area contributed by atoms with Crippen molar-refractivity contribution in [1.29, 1.82) is 0 Å². The molecule has 1 fully saturated rings. The van der Waals surface area contributed by atoms with Crippen LogP contribution in [0.3, 0.4) is 0 Å². The lowest BCUT2D eigenvalue weighted by Crippen LogP contribution is -2.54. The number of esters is 1. The van der Waals surface area contributed by atoms with E-state index in [1.165, 1.54) is 0 Å². The first kappa shape index (κ1) is 31.1. The third kappa shape index (κ3) is 6.43. The summed E-state index contributed by atoms with van der Waals surface area (Å²) in [6, 6.07) is 26.7. The quantitative estimate of drug-likeness (QED) is 0.127. The maximum atomic E-state index is 14.9. The SMILES string of the molecule is CCCCCCC#C[C@]1(O)C=CC2=C(OP(=O)(c3ccccc3)c3ccccc3)[C@@H]3OC[C@@H](O3)[C@H]2[C@H]1OC(=O)c1ccccc1. The Morgan fingerprint density at radius 2 is 1.60 bits per heavy atom. The molecule has 1 N–H and O–H groups in total. The summed E-state index contributed by atoms with van der Waals surface area (Å²) in [5.74, 6) is 5.08. The number of ether oxygens (including phenoxy) is 3. The van der Waals surface area contributed by atoms with Crippen molar-refractivity contribution in [2.24, 2.45) is 5.92 Å². The van der Waals surface area contributed by atoms with Gasteiger partial charge in [-0.25, -0.2) is 4.79 Å². The minimum absolute atomic E-state index is 0.167. The van der Waals surface area contributed by atoms with Crippen LogP contribution in [0.15, 0.2) is 114 Å². The lowest BCUT2D eigenvalue weighted by atomic mass is 9.73. The molecule has 3 aromatic carbocycles. The van der Waals surface area contributed by atoms with Gasteiger partial charge in [0.1, 0.15) is 0 Å². The minimum Gasteiger partial charge on any atom is -0.453 e. The van der Waals surface area contributed by atoms with Crippen LogP contribution < -0.4 is 10.6 Å². The molecule has 2 bridgehead atoms. The zero-order valence-corrected chi connectivity index (χ0v) is 26.1. The van der Waals surface area contributed by atoms with E-state index in [2.05, 4.69) is 18.8 Å². The number of fused-ring (bicyclic) bond motifs is 4. The Hall–Kier alpha value is -3.92. The number of unbranched alkanes of at least 4 members (excludes halogenated alkanes) is 4. The molecule has 1 aliphatic carbocycles. The first-order chi connectivity index (χ1) is 21.9. The first-order valence-electron chi connectivity index (χ1n) is 15.5. The molecule has 6 rings (SSSR count). The van der Waals surface area contributed by atoms with Crippen LogP contribution in [0.5, 0.6) is 0 Å². The van der Waals surface area contributed by atoms with Gasteiger partial charge in [0.2, 0.25) is 6.29 Å². The molecule has 8 heteroatoms. The zero-order valence-electron chi connectivity index (χ0n) is 25.2. The van der Waals surface area contributed by atoms with Gasteiger partial charge in [-0.05, 0) is 48.9 Å². The van der Waals surface area contributed by atoms with Crippen molar-refractivity contribution in [2.75, 3.05) is 6.61 Å². The molecule has 0 saturated carbocycles. The van der Waals surface area contributed by atoms with E-state index < -0.39 is 43.4 Å². The molecule has 2 heterocycles. The molecule has 0 amide bonds. The van der Waals surface area contributed by atoms with Crippen LogP contribution in [0, 0.1) is 17.8 Å². The van der Waals surface area contributed by atoms with Crippen LogP contribution >= 0.6 is 7.37 Å². The number of allylic oxidation sites excluding steroid dienone is 1. The molecule has 2 aliphatic heterocycles. The molecule has 0 radical (unpaired) electrons. The van der Waals surface area contributed by atoms with Gasteiger partial charge in [0.15, 0.2) is 17.5 Å². The minimum atomic E-state index is -3.70. The van der Waals surface area contributed by atoms with E-state index in [0.717, 1.165) is 25.7 Å². The number of benzene rings is 3. The molecule has 232 valence electrons. The summed E-state index contributed by atoms with van der Waals surface area (Å²) in [5.41, 5.74) is -0.851. The van der Waals surface area contributed by atoms with Gasteiger partial charge >= 0.3 is 13.3 Å². The van der Waals surface area contributed by atoms with E-state index in [0.29, 0.717) is 28.2 Å². The van der Waals surface area contributed by atoms with Crippen molar-refractivity contribution in [2.45, 2.75) is 63.1 Å². The third-order valence-corrected chi connectivity index (χ3v) is 10.8. The fraction of sp³-hybridized carbons (Fsp3) is 0.324. The number of aliphatic hydroxyl groups is 1. The van der Waals surface area contributed by atoms with Gasteiger partial charge in [-0.1, -0.05) is 98.7 Å². The summed E-state index contributed by atoms with van der Waals surface area (Å²) in [5, 5.41) is 13.0. The molecular formula is C37H37O7P. The summed E-state index contributed by atoms with van der Waals surface area (Å²) in [4.78, 5) is 13.4. The van der Waals surface area contributed by atoms with Crippen LogP contribution in [0.1, 0.15) is 49.4 Å². The van der Waals surface area contributed by atoms with Crippen LogP contribution in [0.2, 0.25) is 0 Å². The lowest BCUT2D eigenvalue weighted by molar-refractivity contribution is -0.111. The fourth-order valence-electron chi connectivity index (χ4n) is 6.00. The van der Waals surface area contributed by atoms with Crippen molar-refractivity contribution in [3.63, 3.8) is 0 Å². The third-order valence-electron chi connectivity index (χ3n) is 8.35. The molecule has 1 saturated heterocycles. The fourth-order valence-corrected chi connectivity index (χ4v) is 8.10. The predicted molar refractivity (Wildman–Crippen MR) is 172 cm³/mol. The Balaban J connectivity index is 1.42. The molecule has 3 aliphatic rings. The van der Waals surface area contributed by atoms with E-state index >= 15 is 0 Å². The summed E-state index contributed by atoms with van der Waals surface area (Å²) in [6.45, 7) is 2.32. The van der Waals surface area contributed by atoms with Crippen LogP contribution in [0.25, 0.3) is 0 Å². The Bertz CT molecular complexity index is 1610. The van der Waals surface area contributed by atoms with Crippen molar-refractivity contribution < 1.29 is 33.2 Å². The van der Waals surface area contributed by atoms with Gasteiger partial charge in [0.05, 0.1) is 34.8 Å². The van der Waals surface area contributed by atoms with Gasteiger partial charge in [0, 0.05) is 12.0 Å². The maximum absolute atomic E-state index is 14.9. The highest BCUT2D eigenvalue weighted by Crippen LogP contribution is 2.53. The van der Waals surface area contributed by atoms with Gasteiger partial charge in [-0.2, -0.15) is 0 Å². The molecule has 5 atom stereocenters. The smallest absolute Gasteiger partial charge is 0.338 e. The van der Waals surface area contributed by atoms with Crippen molar-refractivity contribution in [1.82, 2.24) is 0 Å². The average molecular weight is 625 g/mol. The second-order valence-electron chi connectivity index (χ2n) is 11.5. The number of carbonyl (C=O) groups is 1. The predicted octanol–water partition coefficient (Wildman–Crippen LogP) is 6.06. The second kappa shape index (κ2) is 13.6. The molecule has 0 unspecified atom stereocenters. The average Bonchev–Trinajstić information content (AvgIpc) is 3.52. The normalized spacial score (nSPS) is 25.2. The molecule has 7 nitrogen and oxygen atoms in total. The van der Waals surface area contributed by atoms with E-state index in [9.17, 15) is 14.5 Å². The largest absolute Gasteiger partial charge is 0.453 e. The monoisotopic (exact) mass is 624 g/mol. The van der Waals surface area contributed by atoms with Gasteiger partial charge < -0.3 is 23.8 Å². The highest BCUT2D eigenvalue weighted by atomic mass is 31.2. The molecule has 3 aromatic rings. The second-order valence-corrected chi connectivity index (χ2v) is 13.8. The van der Waals surface area contributed by atoms with E-state index in [-0.39, 0.29) is 12.4 Å². The lowest BCUT2D eigenvalue weighted by Gasteiger charge is -2.43. The summed E-state index contributed by atoms with van der Waals surface area (Å²) in [7, 11) is -3.70. The van der Waals surface area contributed by atoms with Gasteiger partial charge in [0.25, 0.3) is 0 Å². The Labute approximate surface area is 264 Å². The van der Waals surface area contributed by atoms with E-state index in [4.69, 9.17) is 18.7 Å². The summed E-state index contributed by atoms with van der Waals surface area (Å²) in [6.07, 6.45) is 5.49. The van der Waals surface area contributed by atoms with Crippen molar-refractivity contribution >= 4 is 23.9 Å². The summed E-state index contributed by atoms with van der Waals surface area (Å²) < 4.78 is 39.9. The first-order valence-corrected chi connectivity index (χ1v) is 17.1. The van der Waals surface area contributed by atoms with Crippen LogP contribution in [-0.2, 0) is 23.3 Å². The van der Waals surface area contributed by atoms with Gasteiger partial charge in [-0.15, -0.1) is 0 Å². The molecule has 45 heavy (non-hydrogen) atoms. The van der Waals surface area contributed by atoms with Crippen molar-refractivity contribution in [3.8, 4) is 11.8 Å². The maximum Gasteiger partial charge on any atom is 0.338 e. The van der Waals surface area contributed by atoms with E-state index in [1.54, 1.807) is 60.7 Å². The topological polar surface area (TPSA) is 91.3 Å². The van der Waals surface area contributed by atoms with Crippen molar-refractivity contribution in [3.05, 3.63) is 120 Å². The molecule has 0 aromatic heterocycles. The Kier molecular flexibility index (Phi) is 9.40. The number of rotatable bonds is 10. The number of carbonyl (C=O) groups excluding carboxylic acids is 1. The number of hydrogen-bond acceptors (Lipinski definition) is 7. The molecular weight excluding hydrogens is 587 g/mol. The van der Waals surface area contributed by atoms with E-state index in [1.807, 2.05) is 42.5 Å².